The lowest BCUT2D eigenvalue weighted by Gasteiger charge is -2.18. The van der Waals surface area contributed by atoms with Crippen molar-refractivity contribution >= 4 is 11.4 Å². The Morgan fingerprint density at radius 2 is 1.23 bits per heavy atom. The number of pyridine rings is 2. The minimum Gasteiger partial charge on any atom is -0.395 e. The molecule has 0 aromatic carbocycles. The van der Waals surface area contributed by atoms with E-state index in [9.17, 15) is 0 Å². The van der Waals surface area contributed by atoms with E-state index in [4.69, 9.17) is 9.68 Å². The highest BCUT2D eigenvalue weighted by molar-refractivity contribution is 6.01. The van der Waals surface area contributed by atoms with Crippen molar-refractivity contribution in [3.05, 3.63) is 58.2 Å². The van der Waals surface area contributed by atoms with Gasteiger partial charge in [0.2, 0.25) is 0 Å². The fourth-order valence-electron chi connectivity index (χ4n) is 3.91. The Kier molecular flexibility index (Phi) is 6.41. The average Bonchev–Trinajstić information content (AvgIpc) is 2.74. The smallest absolute Gasteiger partial charge is 0.123 e. The topological polar surface area (TPSA) is 69.0 Å². The zero-order valence-corrected chi connectivity index (χ0v) is 18.1. The summed E-state index contributed by atoms with van der Waals surface area (Å²) in [6, 6.07) is 8.43. The molecule has 2 heterocycles. The highest BCUT2D eigenvalue weighted by Crippen LogP contribution is 2.22. The predicted molar refractivity (Wildman–Crippen MR) is 118 cm³/mol. The summed E-state index contributed by atoms with van der Waals surface area (Å²) in [6.07, 6.45) is 6.12. The van der Waals surface area contributed by atoms with Crippen LogP contribution in [-0.2, 0) is 22.5 Å². The molecule has 0 bridgehead atoms. The molecule has 0 unspecified atom stereocenters. The van der Waals surface area contributed by atoms with Crippen LogP contribution >= 0.6 is 0 Å². The van der Waals surface area contributed by atoms with Crippen molar-refractivity contribution in [2.75, 3.05) is 13.2 Å². The van der Waals surface area contributed by atoms with Crippen LogP contribution < -0.4 is 0 Å². The van der Waals surface area contributed by atoms with Crippen molar-refractivity contribution in [1.82, 2.24) is 9.97 Å². The minimum atomic E-state index is 0.181. The maximum absolute atomic E-state index is 5.65. The van der Waals surface area contributed by atoms with Crippen LogP contribution in [0.3, 0.4) is 0 Å². The van der Waals surface area contributed by atoms with Gasteiger partial charge in [-0.15, -0.1) is 0 Å². The summed E-state index contributed by atoms with van der Waals surface area (Å²) < 4.78 is 0. The van der Waals surface area contributed by atoms with E-state index in [1.54, 1.807) is 0 Å². The van der Waals surface area contributed by atoms with Crippen molar-refractivity contribution in [2.24, 2.45) is 16.2 Å². The highest BCUT2D eigenvalue weighted by atomic mass is 16.6. The largest absolute Gasteiger partial charge is 0.395 e. The standard InChI is InChI=1S/C24H30N4O2/c1-16(14-29-27-21-8-4-6-19-12-10-17(2)25-23(19)21)15-30-28-22-9-5-7-20-13-11-18(3)26-24(20)22/h10-13,16H,4-9,14-15H2,1-3H3/b27-21+,28-22+. The van der Waals surface area contributed by atoms with E-state index in [2.05, 4.69) is 51.5 Å². The first kappa shape index (κ1) is 20.5. The molecule has 6 heteroatoms. The van der Waals surface area contributed by atoms with Crippen LogP contribution in [0.1, 0.15) is 66.5 Å². The fraction of sp³-hybridized carbons (Fsp3) is 0.500. The molecule has 0 saturated heterocycles. The van der Waals surface area contributed by atoms with Gasteiger partial charge in [0.15, 0.2) is 0 Å². The maximum atomic E-state index is 5.65. The molecule has 2 aliphatic rings. The molecule has 0 atom stereocenters. The number of aryl methyl sites for hydroxylation is 4. The molecule has 0 aliphatic heterocycles. The monoisotopic (exact) mass is 406 g/mol. The number of rotatable bonds is 6. The van der Waals surface area contributed by atoms with Gasteiger partial charge in [-0.05, 0) is 75.6 Å². The normalized spacial score (nSPS) is 19.3. The molecule has 2 aliphatic carbocycles. The zero-order chi connectivity index (χ0) is 20.9. The minimum absolute atomic E-state index is 0.181. The third kappa shape index (κ3) is 4.86. The molecule has 0 saturated carbocycles. The molecular weight excluding hydrogens is 376 g/mol. The van der Waals surface area contributed by atoms with E-state index in [-0.39, 0.29) is 5.92 Å². The summed E-state index contributed by atoms with van der Waals surface area (Å²) >= 11 is 0. The van der Waals surface area contributed by atoms with Crippen LogP contribution in [0.4, 0.5) is 0 Å². The van der Waals surface area contributed by atoms with Crippen molar-refractivity contribution in [3.63, 3.8) is 0 Å². The Bertz CT molecular complexity index is 890. The molecule has 6 nitrogen and oxygen atoms in total. The van der Waals surface area contributed by atoms with Crippen molar-refractivity contribution in [2.45, 2.75) is 59.3 Å². The van der Waals surface area contributed by atoms with Crippen LogP contribution in [0.5, 0.6) is 0 Å². The Morgan fingerprint density at radius 3 is 1.70 bits per heavy atom. The summed E-state index contributed by atoms with van der Waals surface area (Å²) in [5.74, 6) is 0.181. The van der Waals surface area contributed by atoms with Crippen LogP contribution in [-0.4, -0.2) is 34.6 Å². The van der Waals surface area contributed by atoms with Crippen molar-refractivity contribution in [1.29, 1.82) is 0 Å². The van der Waals surface area contributed by atoms with Gasteiger partial charge in [0.05, 0.1) is 11.4 Å². The summed E-state index contributed by atoms with van der Waals surface area (Å²) in [5.41, 5.74) is 8.44. The van der Waals surface area contributed by atoms with Crippen LogP contribution in [0.15, 0.2) is 34.6 Å². The second-order valence-corrected chi connectivity index (χ2v) is 8.40. The third-order valence-electron chi connectivity index (χ3n) is 5.57. The SMILES string of the molecule is Cc1ccc2c(n1)/C(=N/OCC(C)CO/N=C1\CCCc3ccc(C)nc31)CCC2. The average molecular weight is 407 g/mol. The highest BCUT2D eigenvalue weighted by Gasteiger charge is 2.19. The van der Waals surface area contributed by atoms with E-state index in [0.29, 0.717) is 13.2 Å². The summed E-state index contributed by atoms with van der Waals surface area (Å²) in [4.78, 5) is 20.6. The Balaban J connectivity index is 1.30. The van der Waals surface area contributed by atoms with Crippen molar-refractivity contribution < 1.29 is 9.68 Å². The van der Waals surface area contributed by atoms with E-state index in [1.807, 2.05) is 13.8 Å². The molecule has 0 N–H and O–H groups in total. The van der Waals surface area contributed by atoms with Crippen LogP contribution in [0, 0.1) is 19.8 Å². The van der Waals surface area contributed by atoms with Gasteiger partial charge in [-0.3, -0.25) is 9.97 Å². The van der Waals surface area contributed by atoms with Gasteiger partial charge in [-0.1, -0.05) is 29.4 Å². The van der Waals surface area contributed by atoms with E-state index >= 15 is 0 Å². The molecule has 2 aromatic rings. The Labute approximate surface area is 178 Å². The van der Waals surface area contributed by atoms with Gasteiger partial charge in [-0.2, -0.15) is 0 Å². The molecule has 30 heavy (non-hydrogen) atoms. The first-order valence-electron chi connectivity index (χ1n) is 10.9. The Morgan fingerprint density at radius 1 is 0.767 bits per heavy atom. The zero-order valence-electron chi connectivity index (χ0n) is 18.1. The number of aromatic nitrogens is 2. The van der Waals surface area contributed by atoms with Crippen LogP contribution in [0.25, 0.3) is 0 Å². The van der Waals surface area contributed by atoms with Gasteiger partial charge in [0, 0.05) is 17.3 Å². The first-order chi connectivity index (χ1) is 14.6. The van der Waals surface area contributed by atoms with E-state index in [1.165, 1.54) is 11.1 Å². The molecule has 2 aromatic heterocycles. The molecule has 4 rings (SSSR count). The first-order valence-corrected chi connectivity index (χ1v) is 10.9. The lowest BCUT2D eigenvalue weighted by Crippen LogP contribution is -2.17. The molecule has 0 amide bonds. The van der Waals surface area contributed by atoms with Gasteiger partial charge >= 0.3 is 0 Å². The summed E-state index contributed by atoms with van der Waals surface area (Å²) in [5, 5.41) is 8.79. The van der Waals surface area contributed by atoms with Gasteiger partial charge in [0.25, 0.3) is 0 Å². The van der Waals surface area contributed by atoms with Gasteiger partial charge in [0.1, 0.15) is 24.6 Å². The summed E-state index contributed by atoms with van der Waals surface area (Å²) in [6.45, 7) is 7.08. The second kappa shape index (κ2) is 9.37. The second-order valence-electron chi connectivity index (χ2n) is 8.40. The van der Waals surface area contributed by atoms with Crippen LogP contribution in [0.2, 0.25) is 0 Å². The predicted octanol–water partition coefficient (Wildman–Crippen LogP) is 4.54. The van der Waals surface area contributed by atoms with Gasteiger partial charge < -0.3 is 9.68 Å². The van der Waals surface area contributed by atoms with E-state index < -0.39 is 0 Å². The van der Waals surface area contributed by atoms with Crippen molar-refractivity contribution in [3.8, 4) is 0 Å². The number of oxime groups is 2. The molecule has 0 spiro atoms. The number of fused-ring (bicyclic) bond motifs is 2. The molecule has 158 valence electrons. The number of nitrogens with zero attached hydrogens (tertiary/aromatic N) is 4. The van der Waals surface area contributed by atoms with Gasteiger partial charge in [-0.25, -0.2) is 0 Å². The number of hydrogen-bond acceptors (Lipinski definition) is 6. The fourth-order valence-corrected chi connectivity index (χ4v) is 3.91. The molecule has 0 radical (unpaired) electrons. The number of hydrogen-bond donors (Lipinski definition) is 0. The quantitative estimate of drug-likeness (QED) is 0.660. The third-order valence-corrected chi connectivity index (χ3v) is 5.57. The Hall–Kier alpha value is -2.76. The summed E-state index contributed by atoms with van der Waals surface area (Å²) in [7, 11) is 0. The maximum Gasteiger partial charge on any atom is 0.123 e. The lowest BCUT2D eigenvalue weighted by atomic mass is 9.94. The lowest BCUT2D eigenvalue weighted by molar-refractivity contribution is 0.0508. The van der Waals surface area contributed by atoms with E-state index in [0.717, 1.165) is 72.7 Å². The molecule has 0 fully saturated rings. The molecular formula is C24H30N4O2.